The van der Waals surface area contributed by atoms with Crippen LogP contribution >= 0.6 is 23.4 Å². The van der Waals surface area contributed by atoms with E-state index in [1.807, 2.05) is 37.4 Å². The summed E-state index contributed by atoms with van der Waals surface area (Å²) in [7, 11) is 1.64. The number of thioether (sulfide) groups is 1. The van der Waals surface area contributed by atoms with E-state index in [-0.39, 0.29) is 18.1 Å². The molecule has 18 heavy (non-hydrogen) atoms. The molecule has 2 atom stereocenters. The molecule has 0 fully saturated rings. The molecule has 1 aromatic carbocycles. The van der Waals surface area contributed by atoms with Gasteiger partial charge in [-0.25, -0.2) is 0 Å². The first-order valence-electron chi connectivity index (χ1n) is 5.65. The molecule has 0 spiro atoms. The average Bonchev–Trinajstić information content (AvgIpc) is 2.32. The minimum absolute atomic E-state index is 0.0195. The Kier molecular flexibility index (Phi) is 6.54. The monoisotopic (exact) mass is 287 g/mol. The third-order valence-corrected chi connectivity index (χ3v) is 3.37. The van der Waals surface area contributed by atoms with Crippen molar-refractivity contribution in [2.75, 3.05) is 19.1 Å². The summed E-state index contributed by atoms with van der Waals surface area (Å²) in [6.45, 7) is 1.93. The number of ether oxygens (including phenoxy) is 1. The minimum atomic E-state index is -0.173. The highest BCUT2D eigenvalue weighted by Crippen LogP contribution is 2.22. The summed E-state index contributed by atoms with van der Waals surface area (Å²) in [4.78, 5) is 11.6. The summed E-state index contributed by atoms with van der Waals surface area (Å²) in [5.41, 5.74) is 0.999. The van der Waals surface area contributed by atoms with Gasteiger partial charge in [-0.2, -0.15) is 11.8 Å². The molecular formula is C13H18ClNO2S. The molecule has 0 saturated carbocycles. The van der Waals surface area contributed by atoms with Crippen molar-refractivity contribution < 1.29 is 9.53 Å². The molecule has 100 valence electrons. The molecule has 0 aliphatic carbocycles. The van der Waals surface area contributed by atoms with E-state index < -0.39 is 0 Å². The van der Waals surface area contributed by atoms with E-state index in [1.54, 1.807) is 7.11 Å². The molecule has 1 aromatic rings. The maximum atomic E-state index is 11.6. The Bertz CT molecular complexity index is 383. The molecule has 0 aromatic heterocycles. The predicted molar refractivity (Wildman–Crippen MR) is 77.2 cm³/mol. The maximum absolute atomic E-state index is 11.6. The number of nitrogens with one attached hydrogen (secondary N) is 1. The molecule has 1 N–H and O–H groups in total. The molecule has 0 bridgehead atoms. The SMILES string of the molecule is CO[C@@H](c1ccc(Cl)cc1)[C@@H](C)NC(=O)CSC. The lowest BCUT2D eigenvalue weighted by Crippen LogP contribution is -2.38. The van der Waals surface area contributed by atoms with E-state index in [1.165, 1.54) is 11.8 Å². The van der Waals surface area contributed by atoms with Crippen LogP contribution in [0.3, 0.4) is 0 Å². The van der Waals surface area contributed by atoms with Gasteiger partial charge in [0.05, 0.1) is 11.8 Å². The Morgan fingerprint density at radius 3 is 2.56 bits per heavy atom. The molecule has 5 heteroatoms. The van der Waals surface area contributed by atoms with Gasteiger partial charge in [0.1, 0.15) is 6.10 Å². The topological polar surface area (TPSA) is 38.3 Å². The highest BCUT2D eigenvalue weighted by molar-refractivity contribution is 7.99. The highest BCUT2D eigenvalue weighted by Gasteiger charge is 2.20. The maximum Gasteiger partial charge on any atom is 0.230 e. The van der Waals surface area contributed by atoms with Crippen LogP contribution in [-0.4, -0.2) is 31.1 Å². The van der Waals surface area contributed by atoms with E-state index in [0.29, 0.717) is 10.8 Å². The van der Waals surface area contributed by atoms with Gasteiger partial charge in [-0.15, -0.1) is 0 Å². The molecule has 1 amide bonds. The van der Waals surface area contributed by atoms with Crippen LogP contribution in [0.1, 0.15) is 18.6 Å². The van der Waals surface area contributed by atoms with E-state index in [4.69, 9.17) is 16.3 Å². The minimum Gasteiger partial charge on any atom is -0.375 e. The van der Waals surface area contributed by atoms with Crippen molar-refractivity contribution in [3.8, 4) is 0 Å². The van der Waals surface area contributed by atoms with Crippen LogP contribution < -0.4 is 5.32 Å². The highest BCUT2D eigenvalue weighted by atomic mass is 35.5. The first-order valence-corrected chi connectivity index (χ1v) is 7.42. The quantitative estimate of drug-likeness (QED) is 0.874. The zero-order valence-corrected chi connectivity index (χ0v) is 12.3. The third-order valence-electron chi connectivity index (χ3n) is 2.57. The summed E-state index contributed by atoms with van der Waals surface area (Å²) in [6, 6.07) is 7.37. The molecule has 0 radical (unpaired) electrons. The van der Waals surface area contributed by atoms with Crippen molar-refractivity contribution in [1.82, 2.24) is 5.32 Å². The van der Waals surface area contributed by atoms with Crippen molar-refractivity contribution in [2.24, 2.45) is 0 Å². The Hall–Kier alpha value is -0.710. The van der Waals surface area contributed by atoms with E-state index in [2.05, 4.69) is 5.32 Å². The normalized spacial score (nSPS) is 14.0. The van der Waals surface area contributed by atoms with Crippen LogP contribution in [-0.2, 0) is 9.53 Å². The zero-order valence-electron chi connectivity index (χ0n) is 10.8. The first-order chi connectivity index (χ1) is 8.58. The number of methoxy groups -OCH3 is 1. The van der Waals surface area contributed by atoms with Crippen molar-refractivity contribution in [3.05, 3.63) is 34.9 Å². The van der Waals surface area contributed by atoms with Crippen LogP contribution in [0.4, 0.5) is 0 Å². The van der Waals surface area contributed by atoms with Gasteiger partial charge in [-0.3, -0.25) is 4.79 Å². The summed E-state index contributed by atoms with van der Waals surface area (Å²) >= 11 is 7.35. The van der Waals surface area contributed by atoms with Crippen LogP contribution in [0, 0.1) is 0 Å². The zero-order chi connectivity index (χ0) is 13.5. The largest absolute Gasteiger partial charge is 0.375 e. The third kappa shape index (κ3) is 4.52. The number of benzene rings is 1. The second-order valence-electron chi connectivity index (χ2n) is 4.00. The van der Waals surface area contributed by atoms with Crippen LogP contribution in [0.2, 0.25) is 5.02 Å². The molecular weight excluding hydrogens is 270 g/mol. The van der Waals surface area contributed by atoms with Gasteiger partial charge in [-0.1, -0.05) is 23.7 Å². The molecule has 0 aliphatic heterocycles. The van der Waals surface area contributed by atoms with Gasteiger partial charge in [0.2, 0.25) is 5.91 Å². The first kappa shape index (κ1) is 15.3. The van der Waals surface area contributed by atoms with Crippen molar-refractivity contribution in [1.29, 1.82) is 0 Å². The number of rotatable bonds is 6. The Morgan fingerprint density at radius 2 is 2.06 bits per heavy atom. The average molecular weight is 288 g/mol. The number of carbonyl (C=O) groups excluding carboxylic acids is 1. The lowest BCUT2D eigenvalue weighted by atomic mass is 10.0. The fourth-order valence-corrected chi connectivity index (χ4v) is 2.26. The van der Waals surface area contributed by atoms with Gasteiger partial charge in [0.25, 0.3) is 0 Å². The smallest absolute Gasteiger partial charge is 0.230 e. The van der Waals surface area contributed by atoms with E-state index in [0.717, 1.165) is 5.56 Å². The number of hydrogen-bond donors (Lipinski definition) is 1. The molecule has 0 aliphatic rings. The summed E-state index contributed by atoms with van der Waals surface area (Å²) < 4.78 is 5.45. The van der Waals surface area contributed by atoms with Gasteiger partial charge < -0.3 is 10.1 Å². The molecule has 3 nitrogen and oxygen atoms in total. The van der Waals surface area contributed by atoms with Crippen LogP contribution in [0.5, 0.6) is 0 Å². The van der Waals surface area contributed by atoms with Crippen molar-refractivity contribution in [3.63, 3.8) is 0 Å². The van der Waals surface area contributed by atoms with Gasteiger partial charge in [-0.05, 0) is 30.9 Å². The fraction of sp³-hybridized carbons (Fsp3) is 0.462. The standard InChI is InChI=1S/C13H18ClNO2S/c1-9(15-12(16)8-18-3)13(17-2)10-4-6-11(14)7-5-10/h4-7,9,13H,8H2,1-3H3,(H,15,16)/t9-,13-/m1/s1. The summed E-state index contributed by atoms with van der Waals surface area (Å²) in [6.07, 6.45) is 1.73. The Balaban J connectivity index is 2.70. The molecule has 0 saturated heterocycles. The lowest BCUT2D eigenvalue weighted by Gasteiger charge is -2.24. The van der Waals surface area contributed by atoms with Crippen molar-refractivity contribution in [2.45, 2.75) is 19.1 Å². The van der Waals surface area contributed by atoms with Crippen LogP contribution in [0.15, 0.2) is 24.3 Å². The van der Waals surface area contributed by atoms with Crippen molar-refractivity contribution >= 4 is 29.3 Å². The molecule has 0 unspecified atom stereocenters. The second-order valence-corrected chi connectivity index (χ2v) is 5.30. The lowest BCUT2D eigenvalue weighted by molar-refractivity contribution is -0.120. The van der Waals surface area contributed by atoms with E-state index in [9.17, 15) is 4.79 Å². The van der Waals surface area contributed by atoms with Crippen LogP contribution in [0.25, 0.3) is 0 Å². The molecule has 1 rings (SSSR count). The Labute approximate surface area is 117 Å². The van der Waals surface area contributed by atoms with Gasteiger partial charge in [0.15, 0.2) is 0 Å². The van der Waals surface area contributed by atoms with E-state index >= 15 is 0 Å². The molecule has 0 heterocycles. The van der Waals surface area contributed by atoms with Gasteiger partial charge >= 0.3 is 0 Å². The fourth-order valence-electron chi connectivity index (χ4n) is 1.78. The summed E-state index contributed by atoms with van der Waals surface area (Å²) in [5, 5.41) is 3.61. The van der Waals surface area contributed by atoms with Gasteiger partial charge in [0, 0.05) is 12.1 Å². The summed E-state index contributed by atoms with van der Waals surface area (Å²) in [5.74, 6) is 0.479. The predicted octanol–water partition coefficient (Wildman–Crippen LogP) is 2.90. The second kappa shape index (κ2) is 7.67. The number of halogens is 1. The number of hydrogen-bond acceptors (Lipinski definition) is 3. The Morgan fingerprint density at radius 1 is 1.44 bits per heavy atom. The number of carbonyl (C=O) groups is 1. The number of amides is 1.